The van der Waals surface area contributed by atoms with E-state index < -0.39 is 10.1 Å². The first-order chi connectivity index (χ1) is 11.5. The van der Waals surface area contributed by atoms with E-state index in [1.54, 1.807) is 41.3 Å². The van der Waals surface area contributed by atoms with E-state index in [0.29, 0.717) is 13.0 Å². The summed E-state index contributed by atoms with van der Waals surface area (Å²) in [5.74, 6) is 0.296. The molecule has 0 bridgehead atoms. The van der Waals surface area contributed by atoms with Gasteiger partial charge in [0.1, 0.15) is 5.75 Å². The molecule has 124 valence electrons. The molecule has 6 heteroatoms. The minimum absolute atomic E-state index is 0.0853. The van der Waals surface area contributed by atoms with Crippen LogP contribution in [0.4, 0.5) is 5.69 Å². The monoisotopic (exact) mass is 343 g/mol. The van der Waals surface area contributed by atoms with Crippen LogP contribution in [0.1, 0.15) is 18.4 Å². The maximum absolute atomic E-state index is 12.0. The normalized spacial score (nSPS) is 15.2. The average Bonchev–Trinajstić information content (AvgIpc) is 3.01. The Morgan fingerprint density at radius 3 is 2.33 bits per heavy atom. The van der Waals surface area contributed by atoms with Gasteiger partial charge in [0.25, 0.3) is 0 Å². The minimum Gasteiger partial charge on any atom is -0.379 e. The van der Waals surface area contributed by atoms with E-state index in [0.717, 1.165) is 23.1 Å². The highest BCUT2D eigenvalue weighted by Gasteiger charge is 2.21. The molecular weight excluding hydrogens is 326 g/mol. The Kier molecular flexibility index (Phi) is 4.66. The lowest BCUT2D eigenvalue weighted by Crippen LogP contribution is -2.23. The second kappa shape index (κ2) is 6.88. The fraction of sp³-hybridized carbons (Fsp3) is 0.167. The van der Waals surface area contributed by atoms with Crippen LogP contribution in [-0.2, 0) is 14.9 Å². The SMILES string of the molecule is O=C1CCCN1c1ccc(OS(=O)(=O)/C=C/c2ccccc2)cc1. The molecule has 0 aliphatic carbocycles. The lowest BCUT2D eigenvalue weighted by Gasteiger charge is -2.15. The van der Waals surface area contributed by atoms with Gasteiger partial charge in [-0.2, -0.15) is 8.42 Å². The van der Waals surface area contributed by atoms with Crippen molar-refractivity contribution in [1.82, 2.24) is 0 Å². The van der Waals surface area contributed by atoms with Crippen molar-refractivity contribution in [3.8, 4) is 5.75 Å². The Bertz CT molecular complexity index is 842. The van der Waals surface area contributed by atoms with Crippen LogP contribution in [0, 0.1) is 0 Å². The maximum Gasteiger partial charge on any atom is 0.332 e. The maximum atomic E-state index is 12.0. The molecule has 2 aromatic rings. The summed E-state index contributed by atoms with van der Waals surface area (Å²) in [4.78, 5) is 13.4. The van der Waals surface area contributed by atoms with Gasteiger partial charge in [-0.05, 0) is 42.3 Å². The highest BCUT2D eigenvalue weighted by atomic mass is 32.2. The van der Waals surface area contributed by atoms with E-state index >= 15 is 0 Å². The molecule has 1 aliphatic rings. The fourth-order valence-corrected chi connectivity index (χ4v) is 3.25. The number of carbonyl (C=O) groups excluding carboxylic acids is 1. The molecule has 0 spiro atoms. The van der Waals surface area contributed by atoms with Crippen LogP contribution in [-0.4, -0.2) is 20.9 Å². The van der Waals surface area contributed by atoms with Crippen molar-refractivity contribution in [2.24, 2.45) is 0 Å². The van der Waals surface area contributed by atoms with E-state index in [2.05, 4.69) is 0 Å². The smallest absolute Gasteiger partial charge is 0.332 e. The number of amides is 1. The van der Waals surface area contributed by atoms with E-state index in [4.69, 9.17) is 4.18 Å². The Morgan fingerprint density at radius 1 is 1.00 bits per heavy atom. The molecule has 1 heterocycles. The molecule has 0 aromatic heterocycles. The van der Waals surface area contributed by atoms with E-state index in [9.17, 15) is 13.2 Å². The molecule has 0 N–H and O–H groups in total. The fourth-order valence-electron chi connectivity index (χ4n) is 2.49. The summed E-state index contributed by atoms with van der Waals surface area (Å²) in [6.07, 6.45) is 2.87. The zero-order valence-electron chi connectivity index (χ0n) is 13.0. The highest BCUT2D eigenvalue weighted by molar-refractivity contribution is 7.90. The third-order valence-corrected chi connectivity index (χ3v) is 4.56. The summed E-state index contributed by atoms with van der Waals surface area (Å²) < 4.78 is 29.0. The molecule has 1 saturated heterocycles. The molecule has 1 fully saturated rings. The van der Waals surface area contributed by atoms with Gasteiger partial charge in [-0.3, -0.25) is 4.79 Å². The van der Waals surface area contributed by atoms with Crippen LogP contribution in [0.25, 0.3) is 6.08 Å². The molecule has 1 amide bonds. The predicted molar refractivity (Wildman–Crippen MR) is 93.1 cm³/mol. The molecule has 0 radical (unpaired) electrons. The second-order valence-corrected chi connectivity index (χ2v) is 6.86. The van der Waals surface area contributed by atoms with Crippen molar-refractivity contribution in [2.45, 2.75) is 12.8 Å². The molecule has 3 rings (SSSR count). The standard InChI is InChI=1S/C18H17NO4S/c20-18-7-4-13-19(18)16-8-10-17(11-9-16)23-24(21,22)14-12-15-5-2-1-3-6-15/h1-3,5-6,8-12,14H,4,7,13H2/b14-12+. The van der Waals surface area contributed by atoms with Gasteiger partial charge in [0.05, 0.1) is 5.41 Å². The molecule has 24 heavy (non-hydrogen) atoms. The van der Waals surface area contributed by atoms with E-state index in [1.165, 1.54) is 6.08 Å². The van der Waals surface area contributed by atoms with E-state index in [1.807, 2.05) is 18.2 Å². The van der Waals surface area contributed by atoms with Crippen LogP contribution < -0.4 is 9.08 Å². The van der Waals surface area contributed by atoms with Gasteiger partial charge in [0, 0.05) is 18.7 Å². The Balaban J connectivity index is 1.69. The lowest BCUT2D eigenvalue weighted by molar-refractivity contribution is -0.117. The summed E-state index contributed by atoms with van der Waals surface area (Å²) >= 11 is 0. The Labute approximate surface area is 141 Å². The van der Waals surface area contributed by atoms with Gasteiger partial charge in [0.2, 0.25) is 5.91 Å². The number of benzene rings is 2. The summed E-state index contributed by atoms with van der Waals surface area (Å²) in [5.41, 5.74) is 1.52. The van der Waals surface area contributed by atoms with Crippen molar-refractivity contribution in [2.75, 3.05) is 11.4 Å². The van der Waals surface area contributed by atoms with Crippen LogP contribution in [0.5, 0.6) is 5.75 Å². The first-order valence-corrected chi connectivity index (χ1v) is 9.09. The van der Waals surface area contributed by atoms with Gasteiger partial charge in [-0.1, -0.05) is 30.3 Å². The van der Waals surface area contributed by atoms with Gasteiger partial charge in [-0.25, -0.2) is 0 Å². The summed E-state index contributed by atoms with van der Waals surface area (Å²) in [6, 6.07) is 15.6. The quantitative estimate of drug-likeness (QED) is 0.782. The topological polar surface area (TPSA) is 63.7 Å². The van der Waals surface area contributed by atoms with Crippen LogP contribution in [0.15, 0.2) is 60.0 Å². The number of hydrogen-bond donors (Lipinski definition) is 0. The zero-order chi connectivity index (χ0) is 17.0. The molecule has 0 atom stereocenters. The van der Waals surface area contributed by atoms with Crippen LogP contribution in [0.3, 0.4) is 0 Å². The Hall–Kier alpha value is -2.60. The summed E-state index contributed by atoms with van der Waals surface area (Å²) in [5, 5.41) is 1.03. The van der Waals surface area contributed by atoms with Crippen molar-refractivity contribution in [3.05, 3.63) is 65.6 Å². The predicted octanol–water partition coefficient (Wildman–Crippen LogP) is 3.19. The van der Waals surface area contributed by atoms with Gasteiger partial charge in [0.15, 0.2) is 0 Å². The third-order valence-electron chi connectivity index (χ3n) is 3.66. The third kappa shape index (κ3) is 4.02. The molecule has 0 saturated carbocycles. The number of rotatable bonds is 5. The molecule has 2 aromatic carbocycles. The molecular formula is C18H17NO4S. The number of anilines is 1. The number of nitrogens with zero attached hydrogens (tertiary/aromatic N) is 1. The van der Waals surface area contributed by atoms with Gasteiger partial charge >= 0.3 is 10.1 Å². The summed E-state index contributed by atoms with van der Waals surface area (Å²) in [7, 11) is -3.84. The van der Waals surface area contributed by atoms with Crippen LogP contribution >= 0.6 is 0 Å². The van der Waals surface area contributed by atoms with Crippen molar-refractivity contribution < 1.29 is 17.4 Å². The lowest BCUT2D eigenvalue weighted by atomic mass is 10.2. The van der Waals surface area contributed by atoms with Crippen molar-refractivity contribution in [3.63, 3.8) is 0 Å². The van der Waals surface area contributed by atoms with E-state index in [-0.39, 0.29) is 11.7 Å². The van der Waals surface area contributed by atoms with Crippen LogP contribution in [0.2, 0.25) is 0 Å². The number of carbonyl (C=O) groups is 1. The molecule has 5 nitrogen and oxygen atoms in total. The first-order valence-electron chi connectivity index (χ1n) is 7.62. The minimum atomic E-state index is -3.84. The average molecular weight is 343 g/mol. The van der Waals surface area contributed by atoms with Crippen molar-refractivity contribution in [1.29, 1.82) is 0 Å². The van der Waals surface area contributed by atoms with Gasteiger partial charge < -0.3 is 9.08 Å². The first kappa shape index (κ1) is 16.3. The molecule has 1 aliphatic heterocycles. The largest absolute Gasteiger partial charge is 0.379 e. The second-order valence-electron chi connectivity index (χ2n) is 5.43. The van der Waals surface area contributed by atoms with Crippen molar-refractivity contribution >= 4 is 27.8 Å². The molecule has 0 unspecified atom stereocenters. The Morgan fingerprint density at radius 2 is 1.71 bits per heavy atom. The highest BCUT2D eigenvalue weighted by Crippen LogP contribution is 2.24. The summed E-state index contributed by atoms with van der Waals surface area (Å²) in [6.45, 7) is 0.692. The zero-order valence-corrected chi connectivity index (χ0v) is 13.8. The number of hydrogen-bond acceptors (Lipinski definition) is 4. The van der Waals surface area contributed by atoms with Gasteiger partial charge in [-0.15, -0.1) is 0 Å².